The van der Waals surface area contributed by atoms with Gasteiger partial charge in [-0.25, -0.2) is 0 Å². The van der Waals surface area contributed by atoms with Crippen LogP contribution in [-0.2, 0) is 5.41 Å². The molecule has 0 saturated heterocycles. The number of allylic oxidation sites excluding steroid dienone is 4. The first kappa shape index (κ1) is 19.8. The predicted octanol–water partition coefficient (Wildman–Crippen LogP) is 7.07. The number of fused-ring (bicyclic) bond motifs is 4. The molecule has 0 aliphatic heterocycles. The lowest BCUT2D eigenvalue weighted by molar-refractivity contribution is 0.406. The third kappa shape index (κ3) is 3.13. The molecular weight excluding hydrogens is 366 g/mol. The summed E-state index contributed by atoms with van der Waals surface area (Å²) < 4.78 is 0. The average molecular weight is 406 g/mol. The second-order valence-corrected chi connectivity index (χ2v) is 15.9. The molecule has 4 aliphatic rings. The van der Waals surface area contributed by atoms with Crippen LogP contribution in [0.15, 0.2) is 42.0 Å². The molecule has 1 aromatic rings. The highest BCUT2D eigenvalue weighted by Crippen LogP contribution is 2.59. The molecule has 2 saturated carbocycles. The Labute approximate surface area is 179 Å². The van der Waals surface area contributed by atoms with E-state index in [0.29, 0.717) is 0 Å². The highest BCUT2D eigenvalue weighted by Gasteiger charge is 2.51. The molecular formula is C27H39NSi. The summed E-state index contributed by atoms with van der Waals surface area (Å²) in [5.74, 6) is 2.29. The third-order valence-electron chi connectivity index (χ3n) is 8.77. The zero-order valence-electron chi connectivity index (χ0n) is 19.1. The van der Waals surface area contributed by atoms with Crippen LogP contribution in [0.1, 0.15) is 70.4 Å². The van der Waals surface area contributed by atoms with Crippen molar-refractivity contribution >= 4 is 13.8 Å². The van der Waals surface area contributed by atoms with Crippen molar-refractivity contribution in [2.24, 2.45) is 17.8 Å². The molecule has 29 heavy (non-hydrogen) atoms. The molecule has 0 radical (unpaired) electrons. The van der Waals surface area contributed by atoms with Crippen LogP contribution in [0.3, 0.4) is 0 Å². The van der Waals surface area contributed by atoms with Gasteiger partial charge in [0.15, 0.2) is 0 Å². The molecule has 1 N–H and O–H groups in total. The van der Waals surface area contributed by atoms with E-state index in [4.69, 9.17) is 0 Å². The fourth-order valence-electron chi connectivity index (χ4n) is 7.62. The molecule has 2 heteroatoms. The van der Waals surface area contributed by atoms with E-state index in [1.807, 2.05) is 0 Å². The Morgan fingerprint density at radius 2 is 1.72 bits per heavy atom. The maximum absolute atomic E-state index is 4.28. The standard InChI is InChI=1S/C27H39NSi/c1-18-15-19-16-25-23(21-13-9-10-14-24(21)27(25,2)3)17-22(19)26(18)29(4,5)28-20-11-7-6-8-12-20/h9-10,13-14,16-20,22,26,28H,6-8,11-12,15H2,1-5H3. The number of nitrogens with one attached hydrogen (secondary N) is 1. The second-order valence-electron chi connectivity index (χ2n) is 11.5. The van der Waals surface area contributed by atoms with E-state index in [0.717, 1.165) is 29.3 Å². The molecule has 156 valence electrons. The van der Waals surface area contributed by atoms with E-state index in [-0.39, 0.29) is 5.41 Å². The molecule has 2 fully saturated rings. The van der Waals surface area contributed by atoms with Gasteiger partial charge in [-0.15, -0.1) is 0 Å². The van der Waals surface area contributed by atoms with Gasteiger partial charge in [0.2, 0.25) is 0 Å². The Balaban J connectivity index is 1.49. The Morgan fingerprint density at radius 3 is 2.48 bits per heavy atom. The minimum absolute atomic E-state index is 0.155. The normalized spacial score (nSPS) is 33.6. The number of hydrogen-bond donors (Lipinski definition) is 1. The third-order valence-corrected chi connectivity index (χ3v) is 12.5. The van der Waals surface area contributed by atoms with Crippen molar-refractivity contribution in [3.63, 3.8) is 0 Å². The molecule has 4 atom stereocenters. The number of rotatable bonds is 3. The summed E-state index contributed by atoms with van der Waals surface area (Å²) in [5.41, 5.74) is 7.19. The lowest BCUT2D eigenvalue weighted by atomic mass is 9.76. The second kappa shape index (κ2) is 6.95. The first-order valence-corrected chi connectivity index (χ1v) is 15.2. The maximum atomic E-state index is 4.28. The summed E-state index contributed by atoms with van der Waals surface area (Å²) in [4.78, 5) is 4.28. The summed E-state index contributed by atoms with van der Waals surface area (Å²) >= 11 is 0. The zero-order chi connectivity index (χ0) is 20.4. The van der Waals surface area contributed by atoms with Crippen molar-refractivity contribution < 1.29 is 0 Å². The van der Waals surface area contributed by atoms with Crippen LogP contribution in [-0.4, -0.2) is 14.3 Å². The molecule has 0 heterocycles. The van der Waals surface area contributed by atoms with Crippen LogP contribution in [0, 0.1) is 17.8 Å². The molecule has 0 spiro atoms. The van der Waals surface area contributed by atoms with Crippen molar-refractivity contribution in [1.82, 2.24) is 4.98 Å². The average Bonchev–Trinajstić information content (AvgIpc) is 3.13. The Kier molecular flexibility index (Phi) is 4.75. The molecule has 5 rings (SSSR count). The molecule has 0 amide bonds. The van der Waals surface area contributed by atoms with Crippen molar-refractivity contribution in [1.29, 1.82) is 0 Å². The van der Waals surface area contributed by atoms with Gasteiger partial charge < -0.3 is 4.98 Å². The van der Waals surface area contributed by atoms with Gasteiger partial charge in [-0.3, -0.25) is 0 Å². The van der Waals surface area contributed by atoms with Gasteiger partial charge in [0.25, 0.3) is 0 Å². The Hall–Kier alpha value is -1.12. The first-order chi connectivity index (χ1) is 13.8. The van der Waals surface area contributed by atoms with Crippen LogP contribution in [0.5, 0.6) is 0 Å². The van der Waals surface area contributed by atoms with E-state index >= 15 is 0 Å². The van der Waals surface area contributed by atoms with Gasteiger partial charge >= 0.3 is 0 Å². The van der Waals surface area contributed by atoms with Crippen LogP contribution in [0.2, 0.25) is 18.6 Å². The predicted molar refractivity (Wildman–Crippen MR) is 128 cm³/mol. The topological polar surface area (TPSA) is 12.0 Å². The summed E-state index contributed by atoms with van der Waals surface area (Å²) in [7, 11) is -1.52. The van der Waals surface area contributed by atoms with Gasteiger partial charge in [0, 0.05) is 11.5 Å². The lowest BCUT2D eigenvalue weighted by Gasteiger charge is -2.41. The Bertz CT molecular complexity index is 855. The summed E-state index contributed by atoms with van der Waals surface area (Å²) in [6.07, 6.45) is 13.9. The van der Waals surface area contributed by atoms with Gasteiger partial charge in [-0.1, -0.05) is 89.5 Å². The highest BCUT2D eigenvalue weighted by atomic mass is 28.3. The van der Waals surface area contributed by atoms with Crippen molar-refractivity contribution in [2.45, 2.75) is 89.4 Å². The zero-order valence-corrected chi connectivity index (χ0v) is 20.1. The van der Waals surface area contributed by atoms with Crippen molar-refractivity contribution in [2.75, 3.05) is 0 Å². The number of hydrogen-bond acceptors (Lipinski definition) is 1. The van der Waals surface area contributed by atoms with E-state index < -0.39 is 8.24 Å². The smallest absolute Gasteiger partial charge is 0.123 e. The van der Waals surface area contributed by atoms with Crippen LogP contribution >= 0.6 is 0 Å². The Morgan fingerprint density at radius 1 is 1.00 bits per heavy atom. The summed E-state index contributed by atoms with van der Waals surface area (Å²) in [6.45, 7) is 12.7. The fraction of sp³-hybridized carbons (Fsp3) is 0.630. The fourth-order valence-corrected chi connectivity index (χ4v) is 12.0. The van der Waals surface area contributed by atoms with E-state index in [1.165, 1.54) is 49.7 Å². The molecule has 1 nitrogen and oxygen atoms in total. The first-order valence-electron chi connectivity index (χ1n) is 12.1. The molecule has 1 aromatic carbocycles. The molecule has 4 unspecified atom stereocenters. The van der Waals surface area contributed by atoms with E-state index in [1.54, 1.807) is 11.1 Å². The minimum Gasteiger partial charge on any atom is -0.334 e. The van der Waals surface area contributed by atoms with Gasteiger partial charge in [0.05, 0.1) is 0 Å². The monoisotopic (exact) mass is 405 g/mol. The van der Waals surface area contributed by atoms with Crippen molar-refractivity contribution in [3.8, 4) is 0 Å². The van der Waals surface area contributed by atoms with Crippen LogP contribution in [0.25, 0.3) is 5.57 Å². The number of benzene rings is 1. The summed E-state index contributed by atoms with van der Waals surface area (Å²) in [6, 6.07) is 9.94. The largest absolute Gasteiger partial charge is 0.334 e. The quantitative estimate of drug-likeness (QED) is 0.530. The van der Waals surface area contributed by atoms with Crippen LogP contribution in [0.4, 0.5) is 0 Å². The van der Waals surface area contributed by atoms with Gasteiger partial charge in [-0.05, 0) is 64.8 Å². The minimum atomic E-state index is -1.52. The SMILES string of the molecule is CC1CC2C=C3C(=CC2C1[Si](C)(C)NC1CCCCC1)c1ccccc1C3(C)C. The lowest BCUT2D eigenvalue weighted by Crippen LogP contribution is -2.56. The summed E-state index contributed by atoms with van der Waals surface area (Å²) in [5, 5.41) is 0. The molecule has 4 aliphatic carbocycles. The van der Waals surface area contributed by atoms with E-state index in [9.17, 15) is 0 Å². The van der Waals surface area contributed by atoms with Gasteiger partial charge in [0.1, 0.15) is 8.24 Å². The van der Waals surface area contributed by atoms with Crippen LogP contribution < -0.4 is 4.98 Å². The highest BCUT2D eigenvalue weighted by molar-refractivity contribution is 6.76. The van der Waals surface area contributed by atoms with E-state index in [2.05, 4.69) is 75.3 Å². The molecule has 0 aromatic heterocycles. The van der Waals surface area contributed by atoms with Crippen molar-refractivity contribution in [3.05, 3.63) is 53.1 Å². The molecule has 0 bridgehead atoms. The van der Waals surface area contributed by atoms with Gasteiger partial charge in [-0.2, -0.15) is 0 Å². The maximum Gasteiger partial charge on any atom is 0.123 e.